The Morgan fingerprint density at radius 1 is 1.03 bits per heavy atom. The molecular weight excluding hydrogens is 418 g/mol. The number of carbonyl (C=O) groups excluding carboxylic acids is 2. The number of carbonyl (C=O) groups is 2. The topological polar surface area (TPSA) is 71.1 Å². The number of para-hydroxylation sites is 1. The number of hydrogen-bond acceptors (Lipinski definition) is 5. The Morgan fingerprint density at radius 3 is 2.42 bits per heavy atom. The molecule has 0 spiro atoms. The number of benzene rings is 2. The number of nitrogens with zero attached hydrogens (tertiary/aromatic N) is 2. The van der Waals surface area contributed by atoms with Crippen molar-refractivity contribution < 1.29 is 19.1 Å². The van der Waals surface area contributed by atoms with Crippen LogP contribution in [0.15, 0.2) is 42.5 Å². The van der Waals surface area contributed by atoms with E-state index in [4.69, 9.17) is 9.47 Å². The van der Waals surface area contributed by atoms with Gasteiger partial charge in [-0.3, -0.25) is 14.5 Å². The van der Waals surface area contributed by atoms with E-state index in [0.717, 1.165) is 17.7 Å². The number of aryl methyl sites for hydroxylation is 1. The van der Waals surface area contributed by atoms with E-state index in [0.29, 0.717) is 62.3 Å². The van der Waals surface area contributed by atoms with Crippen LogP contribution in [0.2, 0.25) is 0 Å². The highest BCUT2D eigenvalue weighted by molar-refractivity contribution is 5.95. The zero-order valence-corrected chi connectivity index (χ0v) is 20.1. The molecule has 0 aromatic heterocycles. The first kappa shape index (κ1) is 24.6. The molecule has 7 nitrogen and oxygen atoms in total. The van der Waals surface area contributed by atoms with Gasteiger partial charge in [0.25, 0.3) is 5.91 Å². The van der Waals surface area contributed by atoms with Crippen molar-refractivity contribution in [1.29, 1.82) is 0 Å². The molecule has 33 heavy (non-hydrogen) atoms. The smallest absolute Gasteiger partial charge is 0.254 e. The second kappa shape index (κ2) is 11.7. The van der Waals surface area contributed by atoms with Crippen molar-refractivity contribution in [3.05, 3.63) is 53.6 Å². The van der Waals surface area contributed by atoms with Gasteiger partial charge in [-0.25, -0.2) is 0 Å². The first-order valence-electron chi connectivity index (χ1n) is 11.6. The molecular formula is C26H35N3O4. The van der Waals surface area contributed by atoms with Gasteiger partial charge in [0.05, 0.1) is 20.3 Å². The molecule has 0 radical (unpaired) electrons. The Labute approximate surface area is 196 Å². The Kier molecular flexibility index (Phi) is 8.72. The molecule has 2 aromatic rings. The summed E-state index contributed by atoms with van der Waals surface area (Å²) in [4.78, 5) is 29.4. The lowest BCUT2D eigenvalue weighted by atomic mass is 10.1. The Hall–Kier alpha value is -3.06. The number of rotatable bonds is 9. The van der Waals surface area contributed by atoms with Gasteiger partial charge in [0.2, 0.25) is 5.91 Å². The molecule has 0 atom stereocenters. The van der Waals surface area contributed by atoms with E-state index in [1.54, 1.807) is 25.3 Å². The number of nitrogens with one attached hydrogen (secondary N) is 1. The van der Waals surface area contributed by atoms with E-state index < -0.39 is 0 Å². The van der Waals surface area contributed by atoms with Crippen LogP contribution >= 0.6 is 0 Å². The maximum absolute atomic E-state index is 13.0. The van der Waals surface area contributed by atoms with Gasteiger partial charge < -0.3 is 19.7 Å². The fraction of sp³-hybridized carbons (Fsp3) is 0.462. The Morgan fingerprint density at radius 2 is 1.76 bits per heavy atom. The minimum Gasteiger partial charge on any atom is -0.493 e. The highest BCUT2D eigenvalue weighted by atomic mass is 16.5. The molecule has 1 fully saturated rings. The molecule has 178 valence electrons. The van der Waals surface area contributed by atoms with Crippen LogP contribution in [0, 0.1) is 5.92 Å². The highest BCUT2D eigenvalue weighted by Crippen LogP contribution is 2.29. The van der Waals surface area contributed by atoms with E-state index >= 15 is 0 Å². The van der Waals surface area contributed by atoms with Gasteiger partial charge in [-0.15, -0.1) is 0 Å². The van der Waals surface area contributed by atoms with E-state index in [1.165, 1.54) is 0 Å². The predicted molar refractivity (Wildman–Crippen MR) is 130 cm³/mol. The Balaban J connectivity index is 1.53. The van der Waals surface area contributed by atoms with Crippen LogP contribution in [0.4, 0.5) is 5.69 Å². The standard InChI is InChI=1S/C26H35N3O4/c1-5-20-8-6-7-9-22(20)27-25(30)17-28-12-14-29(15-13-28)26(31)21-10-11-23(24(16-21)32-4)33-18-19(2)3/h6-11,16,19H,5,12-15,17-18H2,1-4H3,(H,27,30). The number of amides is 2. The maximum atomic E-state index is 13.0. The predicted octanol–water partition coefficient (Wildman–Crippen LogP) is 3.69. The lowest BCUT2D eigenvalue weighted by Crippen LogP contribution is -2.50. The van der Waals surface area contributed by atoms with Crippen molar-refractivity contribution in [3.63, 3.8) is 0 Å². The number of ether oxygens (including phenoxy) is 2. The molecule has 7 heteroatoms. The summed E-state index contributed by atoms with van der Waals surface area (Å²) in [7, 11) is 1.58. The lowest BCUT2D eigenvalue weighted by molar-refractivity contribution is -0.117. The maximum Gasteiger partial charge on any atom is 0.254 e. The first-order chi connectivity index (χ1) is 15.9. The third-order valence-corrected chi connectivity index (χ3v) is 5.68. The molecule has 1 aliphatic rings. The van der Waals surface area contributed by atoms with E-state index in [-0.39, 0.29) is 11.8 Å². The fourth-order valence-corrected chi connectivity index (χ4v) is 3.81. The summed E-state index contributed by atoms with van der Waals surface area (Å²) in [6, 6.07) is 13.2. The minimum atomic E-state index is -0.0373. The fourth-order valence-electron chi connectivity index (χ4n) is 3.81. The molecule has 0 aliphatic carbocycles. The molecule has 2 amide bonds. The molecule has 3 rings (SSSR count). The molecule has 0 bridgehead atoms. The van der Waals surface area contributed by atoms with Crippen LogP contribution in [0.1, 0.15) is 36.7 Å². The first-order valence-corrected chi connectivity index (χ1v) is 11.6. The monoisotopic (exact) mass is 453 g/mol. The normalized spacial score (nSPS) is 14.3. The van der Waals surface area contributed by atoms with Crippen LogP contribution < -0.4 is 14.8 Å². The molecule has 0 saturated carbocycles. The SMILES string of the molecule is CCc1ccccc1NC(=O)CN1CCN(C(=O)c2ccc(OCC(C)C)c(OC)c2)CC1. The van der Waals surface area contributed by atoms with Gasteiger partial charge in [-0.1, -0.05) is 39.0 Å². The largest absolute Gasteiger partial charge is 0.493 e. The molecule has 1 saturated heterocycles. The third kappa shape index (κ3) is 6.71. The van der Waals surface area contributed by atoms with Crippen LogP contribution in [0.5, 0.6) is 11.5 Å². The van der Waals surface area contributed by atoms with Crippen molar-refractivity contribution >= 4 is 17.5 Å². The van der Waals surface area contributed by atoms with Gasteiger partial charge >= 0.3 is 0 Å². The zero-order valence-electron chi connectivity index (χ0n) is 20.1. The zero-order chi connectivity index (χ0) is 23.8. The van der Waals surface area contributed by atoms with Gasteiger partial charge in [0.15, 0.2) is 11.5 Å². The molecule has 1 heterocycles. The van der Waals surface area contributed by atoms with Crippen LogP contribution in [-0.4, -0.2) is 68.1 Å². The van der Waals surface area contributed by atoms with E-state index in [9.17, 15) is 9.59 Å². The number of hydrogen-bond donors (Lipinski definition) is 1. The van der Waals surface area contributed by atoms with E-state index in [1.807, 2.05) is 29.2 Å². The van der Waals surface area contributed by atoms with Crippen molar-refractivity contribution in [3.8, 4) is 11.5 Å². The van der Waals surface area contributed by atoms with Gasteiger partial charge in [0, 0.05) is 37.4 Å². The van der Waals surface area contributed by atoms with Crippen LogP contribution in [-0.2, 0) is 11.2 Å². The van der Waals surface area contributed by atoms with Crippen molar-refractivity contribution in [2.45, 2.75) is 27.2 Å². The van der Waals surface area contributed by atoms with Gasteiger partial charge in [-0.2, -0.15) is 0 Å². The number of piperazine rings is 1. The second-order valence-corrected chi connectivity index (χ2v) is 8.70. The second-order valence-electron chi connectivity index (χ2n) is 8.70. The molecule has 0 unspecified atom stereocenters. The van der Waals surface area contributed by atoms with Crippen LogP contribution in [0.25, 0.3) is 0 Å². The minimum absolute atomic E-state index is 0.0302. The summed E-state index contributed by atoms with van der Waals surface area (Å²) >= 11 is 0. The quantitative estimate of drug-likeness (QED) is 0.627. The number of methoxy groups -OCH3 is 1. The summed E-state index contributed by atoms with van der Waals surface area (Å²) < 4.78 is 11.2. The molecule has 1 aliphatic heterocycles. The average molecular weight is 454 g/mol. The summed E-state index contributed by atoms with van der Waals surface area (Å²) in [5, 5.41) is 3.02. The molecule has 2 aromatic carbocycles. The highest BCUT2D eigenvalue weighted by Gasteiger charge is 2.24. The summed E-state index contributed by atoms with van der Waals surface area (Å²) in [5.74, 6) is 1.53. The van der Waals surface area contributed by atoms with Crippen molar-refractivity contribution in [2.75, 3.05) is 51.8 Å². The van der Waals surface area contributed by atoms with Gasteiger partial charge in [0.1, 0.15) is 0 Å². The van der Waals surface area contributed by atoms with Crippen molar-refractivity contribution in [2.24, 2.45) is 5.92 Å². The van der Waals surface area contributed by atoms with Crippen LogP contribution in [0.3, 0.4) is 0 Å². The van der Waals surface area contributed by atoms with Crippen molar-refractivity contribution in [1.82, 2.24) is 9.80 Å². The summed E-state index contributed by atoms with van der Waals surface area (Å²) in [5.41, 5.74) is 2.57. The number of anilines is 1. The van der Waals surface area contributed by atoms with Gasteiger partial charge in [-0.05, 0) is 42.2 Å². The third-order valence-electron chi connectivity index (χ3n) is 5.68. The molecule has 1 N–H and O–H groups in total. The summed E-state index contributed by atoms with van der Waals surface area (Å²) in [6.07, 6.45) is 0.868. The lowest BCUT2D eigenvalue weighted by Gasteiger charge is -2.34. The summed E-state index contributed by atoms with van der Waals surface area (Å²) in [6.45, 7) is 9.59. The average Bonchev–Trinajstić information content (AvgIpc) is 2.83. The van der Waals surface area contributed by atoms with E-state index in [2.05, 4.69) is 31.0 Å². The Bertz CT molecular complexity index is 952.